The van der Waals surface area contributed by atoms with Gasteiger partial charge < -0.3 is 15.6 Å². The molecule has 1 aliphatic rings. The van der Waals surface area contributed by atoms with E-state index in [0.717, 1.165) is 12.1 Å². The third kappa shape index (κ3) is 5.49. The summed E-state index contributed by atoms with van der Waals surface area (Å²) in [6.07, 6.45) is 3.03. The molecule has 1 aliphatic carbocycles. The molecule has 0 amide bonds. The Morgan fingerprint density at radius 2 is 1.16 bits per heavy atom. The predicted molar refractivity (Wildman–Crippen MR) is 111 cm³/mol. The SMILES string of the molecule is CC(C)(C)C1=CC(=Nc2c([NH+]([O-])O)cc([NH+]([O-])O)cc2[NH+]([O-])O)C=C(C(C)(C)C)C1=O. The molecule has 0 radical (unpaired) electrons. The predicted octanol–water partition coefficient (Wildman–Crippen LogP) is 0.497. The van der Waals surface area contributed by atoms with E-state index in [-0.39, 0.29) is 17.2 Å². The van der Waals surface area contributed by atoms with E-state index < -0.39 is 43.6 Å². The number of aliphatic imine (C=N–C) groups is 1. The number of allylic oxidation sites excluding steroid dienone is 4. The quantitative estimate of drug-likeness (QED) is 0.294. The summed E-state index contributed by atoms with van der Waals surface area (Å²) in [5.74, 6) is -0.155. The van der Waals surface area contributed by atoms with Crippen LogP contribution in [0.25, 0.3) is 0 Å². The van der Waals surface area contributed by atoms with E-state index in [9.17, 15) is 36.0 Å². The van der Waals surface area contributed by atoms with Gasteiger partial charge in [0.2, 0.25) is 11.4 Å². The van der Waals surface area contributed by atoms with E-state index in [0.29, 0.717) is 11.1 Å². The Kier molecular flexibility index (Phi) is 6.97. The van der Waals surface area contributed by atoms with Gasteiger partial charge in [-0.2, -0.15) is 15.7 Å². The van der Waals surface area contributed by atoms with E-state index in [1.54, 1.807) is 0 Å². The molecule has 170 valence electrons. The van der Waals surface area contributed by atoms with Gasteiger partial charge in [-0.3, -0.25) is 4.79 Å². The number of hydrogen-bond acceptors (Lipinski definition) is 8. The lowest BCUT2D eigenvalue weighted by atomic mass is 9.72. The molecule has 0 spiro atoms. The first-order valence-corrected chi connectivity index (χ1v) is 9.49. The number of carbonyl (C=O) groups is 1. The van der Waals surface area contributed by atoms with E-state index >= 15 is 0 Å². The highest BCUT2D eigenvalue weighted by molar-refractivity contribution is 6.23. The first-order valence-electron chi connectivity index (χ1n) is 9.49. The summed E-state index contributed by atoms with van der Waals surface area (Å²) in [7, 11) is 0. The second-order valence-electron chi connectivity index (χ2n) is 9.32. The molecule has 3 atom stereocenters. The maximum atomic E-state index is 13.0. The fraction of sp³-hybridized carbons (Fsp3) is 0.400. The second kappa shape index (κ2) is 8.67. The van der Waals surface area contributed by atoms with Crippen molar-refractivity contribution >= 4 is 34.2 Å². The number of nitrogens with zero attached hydrogens (tertiary/aromatic N) is 1. The fourth-order valence-corrected chi connectivity index (χ4v) is 3.13. The molecule has 1 aromatic rings. The number of carbonyl (C=O) groups excluding carboxylic acids is 1. The zero-order chi connectivity index (χ0) is 23.9. The number of benzene rings is 1. The van der Waals surface area contributed by atoms with Crippen molar-refractivity contribution in [3.8, 4) is 0 Å². The van der Waals surface area contributed by atoms with Crippen LogP contribution in [0.3, 0.4) is 0 Å². The average molecular weight is 436 g/mol. The number of hydrogen-bond donors (Lipinski definition) is 6. The lowest BCUT2D eigenvalue weighted by Crippen LogP contribution is -3.02. The average Bonchev–Trinajstić information content (AvgIpc) is 2.60. The lowest BCUT2D eigenvalue weighted by Gasteiger charge is -2.31. The van der Waals surface area contributed by atoms with Crippen molar-refractivity contribution in [3.05, 3.63) is 51.1 Å². The lowest BCUT2D eigenvalue weighted by molar-refractivity contribution is -1.00. The number of Topliss-reactive ketones (excluding diaryl/α,β-unsaturated/α-hetero) is 1. The molecule has 3 unspecified atom stereocenters. The van der Waals surface area contributed by atoms with Gasteiger partial charge in [0.15, 0.2) is 17.2 Å². The summed E-state index contributed by atoms with van der Waals surface area (Å²) < 4.78 is 0. The van der Waals surface area contributed by atoms with E-state index in [1.165, 1.54) is 12.2 Å². The highest BCUT2D eigenvalue weighted by atomic mass is 16.8. The van der Waals surface area contributed by atoms with Crippen LogP contribution < -0.4 is 15.7 Å². The van der Waals surface area contributed by atoms with Crippen molar-refractivity contribution in [2.75, 3.05) is 0 Å². The normalized spacial score (nSPS) is 18.3. The second-order valence-corrected chi connectivity index (χ2v) is 9.32. The Bertz CT molecular complexity index is 900. The Morgan fingerprint density at radius 3 is 1.45 bits per heavy atom. The first kappa shape index (κ1) is 24.9. The van der Waals surface area contributed by atoms with Gasteiger partial charge in [-0.25, -0.2) is 20.6 Å². The van der Waals surface area contributed by atoms with Gasteiger partial charge in [-0.05, 0) is 23.0 Å². The van der Waals surface area contributed by atoms with Crippen molar-refractivity contribution < 1.29 is 36.1 Å². The number of ketones is 1. The van der Waals surface area contributed by atoms with Gasteiger partial charge in [0.05, 0.1) is 17.8 Å². The zero-order valence-corrected chi connectivity index (χ0v) is 18.2. The monoisotopic (exact) mass is 436 g/mol. The maximum absolute atomic E-state index is 13.0. The van der Waals surface area contributed by atoms with Crippen LogP contribution >= 0.6 is 0 Å². The summed E-state index contributed by atoms with van der Waals surface area (Å²) in [4.78, 5) is 17.3. The van der Waals surface area contributed by atoms with Crippen LogP contribution in [0.1, 0.15) is 41.5 Å². The van der Waals surface area contributed by atoms with Crippen molar-refractivity contribution in [2.24, 2.45) is 15.8 Å². The molecule has 0 saturated carbocycles. The van der Waals surface area contributed by atoms with Crippen LogP contribution in [0, 0.1) is 26.5 Å². The molecule has 0 fully saturated rings. The van der Waals surface area contributed by atoms with E-state index in [2.05, 4.69) is 4.99 Å². The third-order valence-electron chi connectivity index (χ3n) is 4.75. The molecular formula is C20H28N4O7. The van der Waals surface area contributed by atoms with Crippen LogP contribution in [0.2, 0.25) is 0 Å². The zero-order valence-electron chi connectivity index (χ0n) is 18.2. The van der Waals surface area contributed by atoms with Gasteiger partial charge in [-0.1, -0.05) is 41.5 Å². The summed E-state index contributed by atoms with van der Waals surface area (Å²) in [5, 5.41) is 58.7. The van der Waals surface area contributed by atoms with Crippen LogP contribution in [-0.2, 0) is 4.79 Å². The first-order chi connectivity index (χ1) is 14.0. The number of nitrogens with one attached hydrogen (secondary N) is 3. The molecule has 31 heavy (non-hydrogen) atoms. The molecular weight excluding hydrogens is 408 g/mol. The number of quaternary nitrogens is 3. The standard InChI is InChI=1S/C20H28N4O7/c1-19(2,3)13-7-11(8-14(18(13)25)20(4,5)6)21-17-15(23(28)29)9-12(22(26)27)10-16(17)24(30)31/h7-10,22-24,26,28,30H,1-6H3. The molecule has 0 aromatic heterocycles. The third-order valence-corrected chi connectivity index (χ3v) is 4.75. The maximum Gasteiger partial charge on any atom is 0.202 e. The minimum Gasteiger partial charge on any atom is -0.595 e. The summed E-state index contributed by atoms with van der Waals surface area (Å²) in [6, 6.07) is 1.74. The van der Waals surface area contributed by atoms with Crippen molar-refractivity contribution in [3.63, 3.8) is 0 Å². The molecule has 6 N–H and O–H groups in total. The Morgan fingerprint density at radius 1 is 0.774 bits per heavy atom. The van der Waals surface area contributed by atoms with Gasteiger partial charge in [0.25, 0.3) is 0 Å². The smallest absolute Gasteiger partial charge is 0.202 e. The number of rotatable bonds is 4. The van der Waals surface area contributed by atoms with Gasteiger partial charge in [0, 0.05) is 11.1 Å². The fourth-order valence-electron chi connectivity index (χ4n) is 3.13. The topological polar surface area (TPSA) is 173 Å². The van der Waals surface area contributed by atoms with E-state index in [4.69, 9.17) is 0 Å². The van der Waals surface area contributed by atoms with Crippen LogP contribution in [0.5, 0.6) is 0 Å². The van der Waals surface area contributed by atoms with Crippen molar-refractivity contribution in [2.45, 2.75) is 41.5 Å². The van der Waals surface area contributed by atoms with Crippen LogP contribution in [0.4, 0.5) is 22.7 Å². The molecule has 11 nitrogen and oxygen atoms in total. The van der Waals surface area contributed by atoms with Crippen molar-refractivity contribution in [1.29, 1.82) is 0 Å². The van der Waals surface area contributed by atoms with Crippen molar-refractivity contribution in [1.82, 2.24) is 0 Å². The summed E-state index contributed by atoms with van der Waals surface area (Å²) in [6.45, 7) is 11.1. The van der Waals surface area contributed by atoms with E-state index in [1.807, 2.05) is 41.5 Å². The molecule has 11 heteroatoms. The largest absolute Gasteiger partial charge is 0.595 e. The minimum absolute atomic E-state index is 0.155. The molecule has 1 aromatic carbocycles. The molecule has 2 rings (SSSR count). The summed E-state index contributed by atoms with van der Waals surface area (Å²) in [5.41, 5.74) is -1.94. The minimum atomic E-state index is -1.52. The molecule has 0 saturated heterocycles. The Hall–Kier alpha value is -2.32. The highest BCUT2D eigenvalue weighted by Crippen LogP contribution is 2.38. The van der Waals surface area contributed by atoms with Crippen LogP contribution in [0.15, 0.2) is 40.4 Å². The summed E-state index contributed by atoms with van der Waals surface area (Å²) >= 11 is 0. The molecule has 0 bridgehead atoms. The van der Waals surface area contributed by atoms with Crippen LogP contribution in [-0.4, -0.2) is 27.1 Å². The van der Waals surface area contributed by atoms with Gasteiger partial charge in [-0.15, -0.1) is 0 Å². The molecule has 0 heterocycles. The Balaban J connectivity index is 2.86. The van der Waals surface area contributed by atoms with Gasteiger partial charge >= 0.3 is 0 Å². The Labute approximate surface area is 179 Å². The molecule has 0 aliphatic heterocycles. The highest BCUT2D eigenvalue weighted by Gasteiger charge is 2.35. The van der Waals surface area contributed by atoms with Gasteiger partial charge in [0.1, 0.15) is 0 Å².